The molecule has 0 aliphatic rings. The van der Waals surface area contributed by atoms with Crippen molar-refractivity contribution >= 4 is 40.9 Å². The Morgan fingerprint density at radius 1 is 1.29 bits per heavy atom. The van der Waals surface area contributed by atoms with Crippen molar-refractivity contribution in [1.82, 2.24) is 0 Å². The minimum atomic E-state index is -1.26. The summed E-state index contributed by atoms with van der Waals surface area (Å²) in [6.07, 6.45) is 0.772. The Bertz CT molecular complexity index is 274. The number of carbonyl (C=O) groups is 3. The molecule has 0 saturated carbocycles. The average molecular weight is 258 g/mol. The van der Waals surface area contributed by atoms with Crippen LogP contribution in [0.2, 0.25) is 0 Å². The molecule has 0 aromatic rings. The third kappa shape index (κ3) is 12.8. The van der Waals surface area contributed by atoms with Crippen molar-refractivity contribution < 1.29 is 27.4 Å². The fourth-order valence-corrected chi connectivity index (χ4v) is 0.641. The summed E-state index contributed by atoms with van der Waals surface area (Å²) in [4.78, 5) is 30.1. The average Bonchev–Trinajstić information content (AvgIpc) is 2.13. The van der Waals surface area contributed by atoms with Crippen LogP contribution in [0.4, 0.5) is 0 Å². The van der Waals surface area contributed by atoms with Gasteiger partial charge in [0.25, 0.3) is 0 Å². The zero-order valence-electron chi connectivity index (χ0n) is 12.1. The van der Waals surface area contributed by atoms with Crippen LogP contribution in [0.3, 0.4) is 0 Å². The molecule has 0 aromatic carbocycles. The molecule has 0 aliphatic carbocycles. The van der Waals surface area contributed by atoms with Gasteiger partial charge in [0.15, 0.2) is 5.92 Å². The van der Waals surface area contributed by atoms with E-state index in [1.165, 1.54) is 0 Å². The second-order valence-corrected chi connectivity index (χ2v) is 3.16. The number of aliphatic carboxylic acids is 2. The standard InChI is InChI=1S/C6H10O4.C4H7NO.Mg.2H/c1-2-3-4(5(7)8)6(9)10;1-3(2)4(5)6;;;/h4H,2-3H2,1H3,(H,7,8)(H,9,10);1H2,2H3,(H2,5,6);;;/q;;+2;2*-1. The molecule has 6 nitrogen and oxygen atoms in total. The number of primary amides is 1. The first-order chi connectivity index (χ1) is 7.23. The van der Waals surface area contributed by atoms with Crippen LogP contribution in [0.25, 0.3) is 0 Å². The van der Waals surface area contributed by atoms with E-state index < -0.39 is 23.8 Å². The summed E-state index contributed by atoms with van der Waals surface area (Å²) in [6, 6.07) is 0. The van der Waals surface area contributed by atoms with Gasteiger partial charge in [-0.05, 0) is 13.3 Å². The maximum absolute atomic E-state index is 10.2. The number of hydrogen-bond acceptors (Lipinski definition) is 3. The van der Waals surface area contributed by atoms with E-state index in [2.05, 4.69) is 6.58 Å². The van der Waals surface area contributed by atoms with E-state index in [9.17, 15) is 14.4 Å². The Balaban J connectivity index is -0.0000000646. The number of carboxylic acids is 2. The van der Waals surface area contributed by atoms with E-state index >= 15 is 0 Å². The van der Waals surface area contributed by atoms with Crippen molar-refractivity contribution in [2.75, 3.05) is 0 Å². The molecule has 0 unspecified atom stereocenters. The Morgan fingerprint density at radius 3 is 1.65 bits per heavy atom. The molecule has 0 aromatic heterocycles. The Labute approximate surface area is 119 Å². The predicted octanol–water partition coefficient (Wildman–Crippen LogP) is 0.464. The van der Waals surface area contributed by atoms with Crippen LogP contribution in [0, 0.1) is 5.92 Å². The molecule has 0 fully saturated rings. The van der Waals surface area contributed by atoms with E-state index in [-0.39, 0.29) is 32.3 Å². The maximum Gasteiger partial charge on any atom is 2.00 e. The topological polar surface area (TPSA) is 118 Å². The molecule has 17 heavy (non-hydrogen) atoms. The first-order valence-electron chi connectivity index (χ1n) is 4.64. The second-order valence-electron chi connectivity index (χ2n) is 3.16. The molecule has 4 N–H and O–H groups in total. The number of hydrogen-bond donors (Lipinski definition) is 3. The first-order valence-corrected chi connectivity index (χ1v) is 4.64. The summed E-state index contributed by atoms with van der Waals surface area (Å²) in [5.41, 5.74) is 5.09. The largest absolute Gasteiger partial charge is 2.00 e. The molecule has 0 bridgehead atoms. The smallest absolute Gasteiger partial charge is 1.00 e. The van der Waals surface area contributed by atoms with E-state index in [4.69, 9.17) is 15.9 Å². The van der Waals surface area contributed by atoms with Crippen molar-refractivity contribution in [2.45, 2.75) is 26.7 Å². The number of rotatable bonds is 5. The van der Waals surface area contributed by atoms with Crippen molar-refractivity contribution in [3.8, 4) is 0 Å². The fraction of sp³-hybridized carbons (Fsp3) is 0.500. The van der Waals surface area contributed by atoms with Gasteiger partial charge in [0, 0.05) is 5.57 Å². The van der Waals surface area contributed by atoms with Crippen LogP contribution in [0.5, 0.6) is 0 Å². The Hall–Kier alpha value is -1.08. The van der Waals surface area contributed by atoms with Crippen LogP contribution in [-0.2, 0) is 14.4 Å². The predicted molar refractivity (Wildman–Crippen MR) is 65.7 cm³/mol. The molecule has 7 heteroatoms. The van der Waals surface area contributed by atoms with Gasteiger partial charge in [0.2, 0.25) is 5.91 Å². The maximum atomic E-state index is 10.2. The van der Waals surface area contributed by atoms with Gasteiger partial charge in [0.1, 0.15) is 0 Å². The minimum Gasteiger partial charge on any atom is -1.00 e. The molecule has 0 aliphatic heterocycles. The van der Waals surface area contributed by atoms with Gasteiger partial charge in [-0.2, -0.15) is 0 Å². The summed E-state index contributed by atoms with van der Waals surface area (Å²) in [5, 5.41) is 16.6. The van der Waals surface area contributed by atoms with Crippen molar-refractivity contribution in [2.24, 2.45) is 11.7 Å². The molecular weight excluding hydrogens is 238 g/mol. The Kier molecular flexibility index (Phi) is 14.2. The Morgan fingerprint density at radius 2 is 1.59 bits per heavy atom. The number of amides is 1. The van der Waals surface area contributed by atoms with Gasteiger partial charge in [-0.25, -0.2) is 0 Å². The molecule has 0 atom stereocenters. The molecule has 1 amide bonds. The number of carboxylic acid groups (broad SMARTS) is 2. The van der Waals surface area contributed by atoms with Crippen molar-refractivity contribution in [3.05, 3.63) is 12.2 Å². The second kappa shape index (κ2) is 11.4. The monoisotopic (exact) mass is 257 g/mol. The van der Waals surface area contributed by atoms with Crippen LogP contribution in [-0.4, -0.2) is 51.1 Å². The van der Waals surface area contributed by atoms with Crippen LogP contribution in [0.15, 0.2) is 12.2 Å². The molecule has 96 valence electrons. The molecule has 0 radical (unpaired) electrons. The summed E-state index contributed by atoms with van der Waals surface area (Å²) in [5.74, 6) is -4.18. The third-order valence-electron chi connectivity index (χ3n) is 1.59. The minimum absolute atomic E-state index is 0. The molecular formula is C10H19MgNO5. The summed E-state index contributed by atoms with van der Waals surface area (Å²) in [6.45, 7) is 6.60. The van der Waals surface area contributed by atoms with E-state index in [0.717, 1.165) is 0 Å². The van der Waals surface area contributed by atoms with Crippen LogP contribution >= 0.6 is 0 Å². The SMILES string of the molecule is C=C(C)C(N)=O.CCCC(C(=O)O)C(=O)O.[H-].[H-].[Mg+2]. The normalized spacial score (nSPS) is 8.41. The third-order valence-corrected chi connectivity index (χ3v) is 1.59. The fourth-order valence-electron chi connectivity index (χ4n) is 0.641. The number of nitrogens with two attached hydrogens (primary N) is 1. The van der Waals surface area contributed by atoms with Crippen molar-refractivity contribution in [1.29, 1.82) is 0 Å². The van der Waals surface area contributed by atoms with Crippen LogP contribution in [0.1, 0.15) is 29.5 Å². The van der Waals surface area contributed by atoms with Gasteiger partial charge in [-0.1, -0.05) is 19.9 Å². The molecule has 0 rings (SSSR count). The first kappa shape index (κ1) is 21.2. The molecule has 0 heterocycles. The zero-order chi connectivity index (χ0) is 13.3. The number of carbonyl (C=O) groups excluding carboxylic acids is 1. The van der Waals surface area contributed by atoms with Crippen LogP contribution < -0.4 is 5.73 Å². The van der Waals surface area contributed by atoms with Gasteiger partial charge in [0.05, 0.1) is 0 Å². The summed E-state index contributed by atoms with van der Waals surface area (Å²) in [7, 11) is 0. The zero-order valence-corrected chi connectivity index (χ0v) is 11.5. The van der Waals surface area contributed by atoms with Gasteiger partial charge >= 0.3 is 35.0 Å². The molecule has 0 spiro atoms. The summed E-state index contributed by atoms with van der Waals surface area (Å²) < 4.78 is 0. The molecule has 0 saturated heterocycles. The van der Waals surface area contributed by atoms with E-state index in [0.29, 0.717) is 12.0 Å². The van der Waals surface area contributed by atoms with Gasteiger partial charge in [-0.3, -0.25) is 14.4 Å². The van der Waals surface area contributed by atoms with Crippen molar-refractivity contribution in [3.63, 3.8) is 0 Å². The van der Waals surface area contributed by atoms with E-state index in [1.807, 2.05) is 0 Å². The summed E-state index contributed by atoms with van der Waals surface area (Å²) >= 11 is 0. The quantitative estimate of drug-likeness (QED) is 0.376. The van der Waals surface area contributed by atoms with Gasteiger partial charge < -0.3 is 18.8 Å². The van der Waals surface area contributed by atoms with Gasteiger partial charge in [-0.15, -0.1) is 0 Å². The van der Waals surface area contributed by atoms with E-state index in [1.54, 1.807) is 13.8 Å².